The molecule has 4 heterocycles. The molecule has 2 N–H and O–H groups in total. The van der Waals surface area contributed by atoms with Crippen LogP contribution < -0.4 is 10.6 Å². The lowest BCUT2D eigenvalue weighted by atomic mass is 10.0. The molecular weight excluding hydrogens is 449 g/mol. The van der Waals surface area contributed by atoms with Crippen LogP contribution in [0.2, 0.25) is 0 Å². The lowest BCUT2D eigenvalue weighted by Crippen LogP contribution is -2.49. The van der Waals surface area contributed by atoms with Gasteiger partial charge in [0.25, 0.3) is 5.91 Å². The number of hydrogen-bond donors (Lipinski definition) is 2. The average molecular weight is 470 g/mol. The van der Waals surface area contributed by atoms with Gasteiger partial charge < -0.3 is 15.4 Å². The summed E-state index contributed by atoms with van der Waals surface area (Å²) < 4.78 is 47.0. The van der Waals surface area contributed by atoms with Gasteiger partial charge in [0.15, 0.2) is 11.3 Å². The van der Waals surface area contributed by atoms with Crippen LogP contribution in [-0.4, -0.2) is 57.9 Å². The number of amides is 1. The summed E-state index contributed by atoms with van der Waals surface area (Å²) in [6, 6.07) is 8.17. The number of hydrogen-bond acceptors (Lipinski definition) is 6. The van der Waals surface area contributed by atoms with E-state index in [4.69, 9.17) is 4.74 Å². The molecule has 1 unspecified atom stereocenters. The SMILES string of the molecule is O=C(NC1=CNC(N2CCOCC2)C=C1)c1cnc2ccc(-c3ccccc3C(F)(F)F)nn12. The summed E-state index contributed by atoms with van der Waals surface area (Å²) in [5, 5.41) is 10.3. The Labute approximate surface area is 192 Å². The number of ether oxygens (including phenoxy) is 1. The maximum Gasteiger partial charge on any atom is 0.417 e. The van der Waals surface area contributed by atoms with Crippen LogP contribution in [0.1, 0.15) is 16.1 Å². The number of imidazole rings is 1. The second-order valence-electron chi connectivity index (χ2n) is 7.85. The van der Waals surface area contributed by atoms with Gasteiger partial charge in [0.05, 0.1) is 42.5 Å². The van der Waals surface area contributed by atoms with Crippen molar-refractivity contribution in [3.8, 4) is 11.3 Å². The van der Waals surface area contributed by atoms with Crippen LogP contribution in [-0.2, 0) is 10.9 Å². The summed E-state index contributed by atoms with van der Waals surface area (Å²) in [4.78, 5) is 19.3. The number of alkyl halides is 3. The first-order valence-corrected chi connectivity index (χ1v) is 10.7. The number of fused-ring (bicyclic) bond motifs is 1. The lowest BCUT2D eigenvalue weighted by molar-refractivity contribution is -0.137. The summed E-state index contributed by atoms with van der Waals surface area (Å²) >= 11 is 0. The third-order valence-corrected chi connectivity index (χ3v) is 5.67. The van der Waals surface area contributed by atoms with Crippen molar-refractivity contribution < 1.29 is 22.7 Å². The number of dihydropyridines is 1. The van der Waals surface area contributed by atoms with Crippen LogP contribution in [0.25, 0.3) is 16.9 Å². The molecule has 0 radical (unpaired) electrons. The number of benzene rings is 1. The summed E-state index contributed by atoms with van der Waals surface area (Å²) in [5.74, 6) is -0.483. The van der Waals surface area contributed by atoms with E-state index in [9.17, 15) is 18.0 Å². The normalized spacial score (nSPS) is 19.0. The van der Waals surface area contributed by atoms with E-state index >= 15 is 0 Å². The fourth-order valence-electron chi connectivity index (χ4n) is 3.95. The van der Waals surface area contributed by atoms with Crippen molar-refractivity contribution in [3.63, 3.8) is 0 Å². The van der Waals surface area contributed by atoms with Gasteiger partial charge in [-0.05, 0) is 30.4 Å². The number of nitrogens with zero attached hydrogens (tertiary/aromatic N) is 4. The minimum Gasteiger partial charge on any atom is -0.379 e. The van der Waals surface area contributed by atoms with Crippen molar-refractivity contribution in [2.24, 2.45) is 0 Å². The van der Waals surface area contributed by atoms with E-state index in [0.717, 1.165) is 19.2 Å². The van der Waals surface area contributed by atoms with Crippen molar-refractivity contribution >= 4 is 11.6 Å². The zero-order valence-corrected chi connectivity index (χ0v) is 17.9. The third-order valence-electron chi connectivity index (χ3n) is 5.67. The minimum absolute atomic E-state index is 0.0123. The molecule has 2 aliphatic rings. The highest BCUT2D eigenvalue weighted by molar-refractivity contribution is 5.94. The van der Waals surface area contributed by atoms with E-state index in [0.29, 0.717) is 24.6 Å². The molecule has 1 amide bonds. The topological polar surface area (TPSA) is 83.8 Å². The predicted octanol–water partition coefficient (Wildman–Crippen LogP) is 2.80. The molecule has 0 bridgehead atoms. The largest absolute Gasteiger partial charge is 0.417 e. The Bertz CT molecular complexity index is 1280. The highest BCUT2D eigenvalue weighted by Crippen LogP contribution is 2.36. The number of aromatic nitrogens is 3. The smallest absolute Gasteiger partial charge is 0.379 e. The first kappa shape index (κ1) is 22.1. The van der Waals surface area contributed by atoms with Crippen LogP contribution in [0.5, 0.6) is 0 Å². The molecule has 1 saturated heterocycles. The molecule has 0 spiro atoms. The van der Waals surface area contributed by atoms with Gasteiger partial charge in [-0.15, -0.1) is 0 Å². The molecule has 176 valence electrons. The molecule has 3 aromatic rings. The molecule has 2 aliphatic heterocycles. The Morgan fingerprint density at radius 2 is 1.94 bits per heavy atom. The van der Waals surface area contributed by atoms with E-state index in [1.54, 1.807) is 12.3 Å². The minimum atomic E-state index is -4.53. The quantitative estimate of drug-likeness (QED) is 0.610. The summed E-state index contributed by atoms with van der Waals surface area (Å²) in [7, 11) is 0. The van der Waals surface area contributed by atoms with Gasteiger partial charge in [-0.25, -0.2) is 9.50 Å². The van der Waals surface area contributed by atoms with E-state index in [2.05, 4.69) is 25.6 Å². The Morgan fingerprint density at radius 3 is 2.68 bits per heavy atom. The average Bonchev–Trinajstić information content (AvgIpc) is 3.28. The molecule has 5 rings (SSSR count). The number of morpholine rings is 1. The summed E-state index contributed by atoms with van der Waals surface area (Å²) in [6.07, 6.45) is 2.27. The zero-order chi connectivity index (χ0) is 23.7. The van der Waals surface area contributed by atoms with Gasteiger partial charge in [-0.2, -0.15) is 18.3 Å². The molecule has 1 atom stereocenters. The number of carbonyl (C=O) groups excluding carboxylic acids is 1. The summed E-state index contributed by atoms with van der Waals surface area (Å²) in [6.45, 7) is 2.97. The fourth-order valence-corrected chi connectivity index (χ4v) is 3.95. The van der Waals surface area contributed by atoms with E-state index in [1.165, 1.54) is 41.0 Å². The van der Waals surface area contributed by atoms with E-state index in [-0.39, 0.29) is 23.1 Å². The Balaban J connectivity index is 1.36. The molecule has 1 fully saturated rings. The summed E-state index contributed by atoms with van der Waals surface area (Å²) in [5.41, 5.74) is 0.199. The van der Waals surface area contributed by atoms with Crippen LogP contribution in [0.15, 0.2) is 66.6 Å². The van der Waals surface area contributed by atoms with Crippen LogP contribution in [0.3, 0.4) is 0 Å². The van der Waals surface area contributed by atoms with Crippen LogP contribution >= 0.6 is 0 Å². The van der Waals surface area contributed by atoms with Crippen LogP contribution in [0.4, 0.5) is 13.2 Å². The molecule has 8 nitrogen and oxygen atoms in total. The maximum absolute atomic E-state index is 13.5. The number of nitrogens with one attached hydrogen (secondary N) is 2. The monoisotopic (exact) mass is 470 g/mol. The van der Waals surface area contributed by atoms with Gasteiger partial charge in [0.1, 0.15) is 0 Å². The maximum atomic E-state index is 13.5. The van der Waals surface area contributed by atoms with Crippen molar-refractivity contribution in [1.29, 1.82) is 0 Å². The molecule has 1 aromatic carbocycles. The zero-order valence-electron chi connectivity index (χ0n) is 17.9. The predicted molar refractivity (Wildman–Crippen MR) is 117 cm³/mol. The van der Waals surface area contributed by atoms with Gasteiger partial charge in [0.2, 0.25) is 0 Å². The third kappa shape index (κ3) is 4.39. The van der Waals surface area contributed by atoms with Gasteiger partial charge >= 0.3 is 6.18 Å². The molecule has 11 heteroatoms. The molecule has 34 heavy (non-hydrogen) atoms. The van der Waals surface area contributed by atoms with Crippen molar-refractivity contribution in [2.45, 2.75) is 12.3 Å². The van der Waals surface area contributed by atoms with Gasteiger partial charge in [-0.3, -0.25) is 9.69 Å². The number of carbonyl (C=O) groups is 1. The molecule has 0 aliphatic carbocycles. The van der Waals surface area contributed by atoms with Crippen molar-refractivity contribution in [1.82, 2.24) is 30.1 Å². The molecule has 0 saturated carbocycles. The lowest BCUT2D eigenvalue weighted by Gasteiger charge is -2.34. The first-order chi connectivity index (χ1) is 16.4. The highest BCUT2D eigenvalue weighted by Gasteiger charge is 2.33. The standard InChI is InChI=1S/C23H21F3N6O2/c24-23(25,26)17-4-2-1-3-16(17)18-6-8-21-28-14-19(32(21)30-18)22(33)29-15-5-7-20(27-13-15)31-9-11-34-12-10-31/h1-8,13-14,20,27H,9-12H2,(H,29,33). The Kier molecular flexibility index (Phi) is 5.80. The highest BCUT2D eigenvalue weighted by atomic mass is 19.4. The van der Waals surface area contributed by atoms with Crippen molar-refractivity contribution in [3.05, 3.63) is 77.9 Å². The second-order valence-corrected chi connectivity index (χ2v) is 7.85. The molecule has 2 aromatic heterocycles. The van der Waals surface area contributed by atoms with Crippen molar-refractivity contribution in [2.75, 3.05) is 26.3 Å². The fraction of sp³-hybridized carbons (Fsp3) is 0.261. The number of allylic oxidation sites excluding steroid dienone is 1. The van der Waals surface area contributed by atoms with E-state index in [1.807, 2.05) is 6.08 Å². The Hall–Kier alpha value is -3.70. The number of halogens is 3. The van der Waals surface area contributed by atoms with Gasteiger partial charge in [0, 0.05) is 24.9 Å². The Morgan fingerprint density at radius 1 is 1.15 bits per heavy atom. The number of rotatable bonds is 4. The van der Waals surface area contributed by atoms with Gasteiger partial charge in [-0.1, -0.05) is 18.2 Å². The van der Waals surface area contributed by atoms with Crippen LogP contribution in [0, 0.1) is 0 Å². The van der Waals surface area contributed by atoms with E-state index < -0.39 is 17.6 Å². The first-order valence-electron chi connectivity index (χ1n) is 10.7. The second kappa shape index (κ2) is 8.92. The molecular formula is C23H21F3N6O2.